The fraction of sp³-hybridized carbons (Fsp3) is 0.174. The van der Waals surface area contributed by atoms with Crippen molar-refractivity contribution in [3.8, 4) is 11.5 Å². The number of hydrogen-bond acceptors (Lipinski definition) is 6. The molecule has 1 fully saturated rings. The van der Waals surface area contributed by atoms with Crippen molar-refractivity contribution >= 4 is 79.4 Å². The molecular formula is C23H20BrClN2O4S2. The number of ether oxygens (including phenoxy) is 2. The molecule has 1 saturated heterocycles. The largest absolute Gasteiger partial charge is 0.493 e. The average molecular weight is 568 g/mol. The zero-order chi connectivity index (χ0) is 24.1. The van der Waals surface area contributed by atoms with E-state index in [2.05, 4.69) is 27.8 Å². The number of thioether (sulfide) groups is 1. The number of aryl methyl sites for hydroxylation is 1. The van der Waals surface area contributed by atoms with E-state index in [0.717, 1.165) is 5.56 Å². The van der Waals surface area contributed by atoms with Crippen LogP contribution in [0.1, 0.15) is 11.1 Å². The van der Waals surface area contributed by atoms with Crippen LogP contribution in [0.2, 0.25) is 5.02 Å². The first-order valence-electron chi connectivity index (χ1n) is 9.66. The van der Waals surface area contributed by atoms with Gasteiger partial charge in [-0.2, -0.15) is 0 Å². The Labute approximate surface area is 215 Å². The van der Waals surface area contributed by atoms with E-state index < -0.39 is 0 Å². The third-order valence-electron chi connectivity index (χ3n) is 4.54. The van der Waals surface area contributed by atoms with Crippen LogP contribution in [0.25, 0.3) is 6.08 Å². The molecule has 1 heterocycles. The Bertz CT molecular complexity index is 1170. The second kappa shape index (κ2) is 11.2. The van der Waals surface area contributed by atoms with Gasteiger partial charge in [-0.1, -0.05) is 47.7 Å². The molecule has 0 bridgehead atoms. The minimum atomic E-state index is -0.348. The lowest BCUT2D eigenvalue weighted by atomic mass is 10.2. The number of nitrogens with one attached hydrogen (secondary N) is 1. The van der Waals surface area contributed by atoms with Crippen molar-refractivity contribution in [1.29, 1.82) is 0 Å². The molecule has 1 N–H and O–H groups in total. The predicted octanol–water partition coefficient (Wildman–Crippen LogP) is 5.82. The van der Waals surface area contributed by atoms with Crippen molar-refractivity contribution < 1.29 is 19.1 Å². The highest BCUT2D eigenvalue weighted by molar-refractivity contribution is 9.10. The van der Waals surface area contributed by atoms with Crippen LogP contribution in [0.4, 0.5) is 5.69 Å². The number of amides is 2. The Morgan fingerprint density at radius 2 is 2.12 bits per heavy atom. The normalized spacial score (nSPS) is 14.5. The highest BCUT2D eigenvalue weighted by Gasteiger charge is 2.31. The van der Waals surface area contributed by atoms with Gasteiger partial charge in [-0.3, -0.25) is 14.5 Å². The lowest BCUT2D eigenvalue weighted by molar-refractivity contribution is -0.121. The molecule has 172 valence electrons. The number of carbonyl (C=O) groups excluding carboxylic acids is 2. The number of thiocarbonyl (C=S) groups is 1. The molecule has 0 atom stereocenters. The summed E-state index contributed by atoms with van der Waals surface area (Å²) in [6.07, 6.45) is 3.36. The summed E-state index contributed by atoms with van der Waals surface area (Å²) in [6.45, 7) is 5.66. The summed E-state index contributed by atoms with van der Waals surface area (Å²) in [5.41, 5.74) is 2.21. The molecule has 1 aliphatic rings. The molecule has 0 radical (unpaired) electrons. The first-order valence-corrected chi connectivity index (χ1v) is 12.1. The van der Waals surface area contributed by atoms with Gasteiger partial charge in [0, 0.05) is 17.3 Å². The van der Waals surface area contributed by atoms with Gasteiger partial charge in [0.15, 0.2) is 18.1 Å². The number of rotatable bonds is 8. The molecule has 2 aromatic carbocycles. The molecular weight excluding hydrogens is 548 g/mol. The molecule has 33 heavy (non-hydrogen) atoms. The van der Waals surface area contributed by atoms with Gasteiger partial charge in [0.05, 0.1) is 16.5 Å². The van der Waals surface area contributed by atoms with Gasteiger partial charge < -0.3 is 14.8 Å². The molecule has 2 amide bonds. The Kier molecular flexibility index (Phi) is 8.58. The first kappa shape index (κ1) is 25.3. The van der Waals surface area contributed by atoms with Gasteiger partial charge in [-0.15, -0.1) is 6.58 Å². The fourth-order valence-electron chi connectivity index (χ4n) is 2.91. The van der Waals surface area contributed by atoms with Crippen LogP contribution < -0.4 is 14.8 Å². The van der Waals surface area contributed by atoms with E-state index in [1.165, 1.54) is 23.8 Å². The van der Waals surface area contributed by atoms with E-state index in [4.69, 9.17) is 33.3 Å². The standard InChI is InChI=1S/C23H20BrClN2O4S2/c1-4-7-27-22(29)19(33-23(27)32)10-14-8-16(24)21(18(9-14)30-3)31-12-20(28)26-15-6-5-13(2)17(25)11-15/h4-6,8-11H,1,7,12H2,2-3H3,(H,26,28)/b19-10-. The van der Waals surface area contributed by atoms with E-state index in [9.17, 15) is 9.59 Å². The third kappa shape index (κ3) is 6.17. The summed E-state index contributed by atoms with van der Waals surface area (Å²) in [6, 6.07) is 8.76. The second-order valence-electron chi connectivity index (χ2n) is 6.92. The number of anilines is 1. The highest BCUT2D eigenvalue weighted by Crippen LogP contribution is 2.39. The van der Waals surface area contributed by atoms with Crippen molar-refractivity contribution in [3.63, 3.8) is 0 Å². The fourth-order valence-corrected chi connectivity index (χ4v) is 4.94. The summed E-state index contributed by atoms with van der Waals surface area (Å²) >= 11 is 16.1. The van der Waals surface area contributed by atoms with Crippen LogP contribution in [0, 0.1) is 6.92 Å². The van der Waals surface area contributed by atoms with E-state index >= 15 is 0 Å². The van der Waals surface area contributed by atoms with Crippen molar-refractivity contribution in [3.05, 3.63) is 68.5 Å². The summed E-state index contributed by atoms with van der Waals surface area (Å²) in [5.74, 6) is 0.251. The average Bonchev–Trinajstić information content (AvgIpc) is 3.03. The maximum atomic E-state index is 12.6. The Hall–Kier alpha value is -2.33. The number of carbonyl (C=O) groups is 2. The molecule has 1 aliphatic heterocycles. The van der Waals surface area contributed by atoms with Gasteiger partial charge >= 0.3 is 0 Å². The summed E-state index contributed by atoms with van der Waals surface area (Å²) in [5, 5.41) is 3.31. The number of halogens is 2. The van der Waals surface area contributed by atoms with Crippen LogP contribution >= 0.6 is 51.5 Å². The van der Waals surface area contributed by atoms with Crippen molar-refractivity contribution in [1.82, 2.24) is 4.90 Å². The highest BCUT2D eigenvalue weighted by atomic mass is 79.9. The summed E-state index contributed by atoms with van der Waals surface area (Å²) in [7, 11) is 1.50. The summed E-state index contributed by atoms with van der Waals surface area (Å²) in [4.78, 5) is 26.9. The number of benzene rings is 2. The Balaban J connectivity index is 1.73. The van der Waals surface area contributed by atoms with Crippen molar-refractivity contribution in [2.75, 3.05) is 25.6 Å². The van der Waals surface area contributed by atoms with Gasteiger partial charge in [0.2, 0.25) is 0 Å². The minimum absolute atomic E-state index is 0.173. The van der Waals surface area contributed by atoms with Crippen LogP contribution in [-0.4, -0.2) is 41.3 Å². The lowest BCUT2D eigenvalue weighted by Crippen LogP contribution is -2.27. The van der Waals surface area contributed by atoms with E-state index in [1.54, 1.807) is 36.4 Å². The quantitative estimate of drug-likeness (QED) is 0.246. The molecule has 6 nitrogen and oxygen atoms in total. The number of methoxy groups -OCH3 is 1. The van der Waals surface area contributed by atoms with Crippen molar-refractivity contribution in [2.45, 2.75) is 6.92 Å². The van der Waals surface area contributed by atoms with E-state index in [1.807, 2.05) is 13.0 Å². The van der Waals surface area contributed by atoms with E-state index in [0.29, 0.717) is 48.0 Å². The van der Waals surface area contributed by atoms with Crippen LogP contribution in [0.15, 0.2) is 52.4 Å². The summed E-state index contributed by atoms with van der Waals surface area (Å²) < 4.78 is 12.2. The zero-order valence-corrected chi connectivity index (χ0v) is 21.8. The zero-order valence-electron chi connectivity index (χ0n) is 17.8. The molecule has 2 aromatic rings. The van der Waals surface area contributed by atoms with Gasteiger partial charge in [0.25, 0.3) is 11.8 Å². The maximum absolute atomic E-state index is 12.6. The molecule has 0 saturated carbocycles. The number of hydrogen-bond donors (Lipinski definition) is 1. The van der Waals surface area contributed by atoms with Gasteiger partial charge in [-0.05, 0) is 64.3 Å². The first-order chi connectivity index (χ1) is 15.7. The van der Waals surface area contributed by atoms with E-state index in [-0.39, 0.29) is 18.4 Å². The van der Waals surface area contributed by atoms with Gasteiger partial charge in [-0.25, -0.2) is 0 Å². The molecule has 0 aromatic heterocycles. The van der Waals surface area contributed by atoms with Gasteiger partial charge in [0.1, 0.15) is 4.32 Å². The molecule has 10 heteroatoms. The lowest BCUT2D eigenvalue weighted by Gasteiger charge is -2.14. The second-order valence-corrected chi connectivity index (χ2v) is 9.85. The SMILES string of the molecule is C=CCN1C(=O)/C(=C/c2cc(Br)c(OCC(=O)Nc3ccc(C)c(Cl)c3)c(OC)c2)SC1=S. The van der Waals surface area contributed by atoms with Crippen LogP contribution in [-0.2, 0) is 9.59 Å². The smallest absolute Gasteiger partial charge is 0.266 e. The Morgan fingerprint density at radius 1 is 1.36 bits per heavy atom. The predicted molar refractivity (Wildman–Crippen MR) is 141 cm³/mol. The van der Waals surface area contributed by atoms with Crippen molar-refractivity contribution in [2.24, 2.45) is 0 Å². The molecule has 0 unspecified atom stereocenters. The molecule has 3 rings (SSSR count). The number of nitrogens with zero attached hydrogens (tertiary/aromatic N) is 1. The van der Waals surface area contributed by atoms with Crippen LogP contribution in [0.5, 0.6) is 11.5 Å². The maximum Gasteiger partial charge on any atom is 0.266 e. The molecule has 0 spiro atoms. The third-order valence-corrected chi connectivity index (χ3v) is 6.91. The minimum Gasteiger partial charge on any atom is -0.493 e. The monoisotopic (exact) mass is 566 g/mol. The molecule has 0 aliphatic carbocycles. The topological polar surface area (TPSA) is 67.9 Å². The Morgan fingerprint density at radius 3 is 2.79 bits per heavy atom. The van der Waals surface area contributed by atoms with Crippen LogP contribution in [0.3, 0.4) is 0 Å².